The van der Waals surface area contributed by atoms with Gasteiger partial charge in [-0.3, -0.25) is 4.79 Å². The van der Waals surface area contributed by atoms with E-state index in [1.807, 2.05) is 59.5 Å². The average Bonchev–Trinajstić information content (AvgIpc) is 3.35. The number of hydrogen-bond donors (Lipinski definition) is 0. The summed E-state index contributed by atoms with van der Waals surface area (Å²) in [4.78, 5) is 21.8. The molecule has 3 aromatic carbocycles. The number of amides is 1. The average molecular weight is 521 g/mol. The minimum atomic E-state index is -0.0355. The summed E-state index contributed by atoms with van der Waals surface area (Å²) < 4.78 is 15.9. The number of halogens is 1. The fourth-order valence-corrected chi connectivity index (χ4v) is 4.88. The molecule has 1 aliphatic heterocycles. The topological polar surface area (TPSA) is 67.8 Å². The van der Waals surface area contributed by atoms with Gasteiger partial charge in [0.15, 0.2) is 17.3 Å². The minimum Gasteiger partial charge on any atom is -0.493 e. The van der Waals surface area contributed by atoms with Crippen LogP contribution in [0, 0.1) is 0 Å². The molecule has 1 amide bonds. The molecule has 0 aliphatic carbocycles. The van der Waals surface area contributed by atoms with Crippen molar-refractivity contribution in [1.29, 1.82) is 0 Å². The van der Waals surface area contributed by atoms with Crippen molar-refractivity contribution in [3.63, 3.8) is 0 Å². The molecule has 0 radical (unpaired) electrons. The van der Waals surface area contributed by atoms with Crippen LogP contribution in [0.4, 0.5) is 5.69 Å². The van der Waals surface area contributed by atoms with E-state index >= 15 is 0 Å². The Morgan fingerprint density at radius 1 is 0.972 bits per heavy atom. The number of carbonyl (C=O) groups excluding carboxylic acids is 1. The second kappa shape index (κ2) is 11.0. The number of carbonyl (C=O) groups is 1. The Morgan fingerprint density at radius 3 is 2.53 bits per heavy atom. The van der Waals surface area contributed by atoms with E-state index in [9.17, 15) is 4.79 Å². The molecule has 0 N–H and O–H groups in total. The van der Waals surface area contributed by atoms with Crippen molar-refractivity contribution in [2.75, 3.05) is 38.2 Å². The Bertz CT molecular complexity index is 1340. The first kappa shape index (κ1) is 24.1. The van der Waals surface area contributed by atoms with Crippen LogP contribution in [0.3, 0.4) is 0 Å². The Balaban J connectivity index is 1.22. The van der Waals surface area contributed by atoms with Crippen LogP contribution in [0.15, 0.2) is 72.8 Å². The highest BCUT2D eigenvalue weighted by atomic mass is 35.5. The molecule has 0 saturated carbocycles. The third-order valence-corrected chi connectivity index (χ3v) is 6.87. The van der Waals surface area contributed by atoms with E-state index in [4.69, 9.17) is 21.1 Å². The third kappa shape index (κ3) is 5.61. The number of ether oxygens (including phenoxy) is 2. The smallest absolute Gasteiger partial charge is 0.298 e. The van der Waals surface area contributed by atoms with Gasteiger partial charge in [0.25, 0.3) is 11.1 Å². The van der Waals surface area contributed by atoms with E-state index in [1.54, 1.807) is 25.3 Å². The van der Waals surface area contributed by atoms with Gasteiger partial charge in [0.1, 0.15) is 0 Å². The molecule has 0 bridgehead atoms. The van der Waals surface area contributed by atoms with Crippen LogP contribution in [0.1, 0.15) is 21.7 Å². The van der Waals surface area contributed by atoms with Crippen LogP contribution in [0.5, 0.6) is 16.7 Å². The van der Waals surface area contributed by atoms with Gasteiger partial charge >= 0.3 is 0 Å². The number of hydrogen-bond acceptors (Lipinski definition) is 7. The first-order valence-electron chi connectivity index (χ1n) is 11.6. The maximum Gasteiger partial charge on any atom is 0.298 e. The Morgan fingerprint density at radius 2 is 1.78 bits per heavy atom. The van der Waals surface area contributed by atoms with Gasteiger partial charge in [0.05, 0.1) is 7.11 Å². The number of benzene rings is 3. The van der Waals surface area contributed by atoms with E-state index < -0.39 is 0 Å². The molecule has 5 rings (SSSR count). The van der Waals surface area contributed by atoms with Crippen molar-refractivity contribution < 1.29 is 14.3 Å². The Hall–Kier alpha value is -3.62. The van der Waals surface area contributed by atoms with Gasteiger partial charge in [-0.05, 0) is 42.0 Å². The number of nitrogens with zero attached hydrogens (tertiary/aromatic N) is 4. The van der Waals surface area contributed by atoms with Crippen LogP contribution in [-0.2, 0) is 6.42 Å². The monoisotopic (exact) mass is 520 g/mol. The van der Waals surface area contributed by atoms with Crippen LogP contribution < -0.4 is 14.4 Å². The fraction of sp³-hybridized carbons (Fsp3) is 0.222. The predicted molar refractivity (Wildman–Crippen MR) is 142 cm³/mol. The number of piperazine rings is 1. The summed E-state index contributed by atoms with van der Waals surface area (Å²) in [5, 5.41) is 1.14. The highest BCUT2D eigenvalue weighted by molar-refractivity contribution is 7.07. The van der Waals surface area contributed by atoms with Gasteiger partial charge in [-0.1, -0.05) is 48.0 Å². The lowest BCUT2D eigenvalue weighted by molar-refractivity contribution is 0.0746. The van der Waals surface area contributed by atoms with Crippen molar-refractivity contribution in [3.05, 3.63) is 94.8 Å². The Kier molecular flexibility index (Phi) is 7.34. The van der Waals surface area contributed by atoms with Crippen LogP contribution in [0.2, 0.25) is 5.02 Å². The first-order chi connectivity index (χ1) is 17.6. The van der Waals surface area contributed by atoms with Gasteiger partial charge < -0.3 is 19.3 Å². The lowest BCUT2D eigenvalue weighted by Crippen LogP contribution is -2.48. The van der Waals surface area contributed by atoms with Gasteiger partial charge in [0.2, 0.25) is 0 Å². The largest absolute Gasteiger partial charge is 0.493 e. The molecule has 36 heavy (non-hydrogen) atoms. The summed E-state index contributed by atoms with van der Waals surface area (Å²) in [6.45, 7) is 2.74. The molecule has 1 aromatic heterocycles. The fourth-order valence-electron chi connectivity index (χ4n) is 4.13. The van der Waals surface area contributed by atoms with Crippen molar-refractivity contribution in [1.82, 2.24) is 14.3 Å². The molecule has 4 aromatic rings. The van der Waals surface area contributed by atoms with Crippen molar-refractivity contribution >= 4 is 34.7 Å². The van der Waals surface area contributed by atoms with Crippen molar-refractivity contribution in [2.24, 2.45) is 0 Å². The van der Waals surface area contributed by atoms with Crippen molar-refractivity contribution in [3.8, 4) is 16.7 Å². The highest BCUT2D eigenvalue weighted by Crippen LogP contribution is 2.33. The molecule has 0 spiro atoms. The zero-order chi connectivity index (χ0) is 24.9. The molecule has 1 aliphatic rings. The molecular weight excluding hydrogens is 496 g/mol. The van der Waals surface area contributed by atoms with Gasteiger partial charge in [0, 0.05) is 60.4 Å². The Labute approximate surface area is 219 Å². The second-order valence-electron chi connectivity index (χ2n) is 8.37. The number of methoxy groups -OCH3 is 1. The van der Waals surface area contributed by atoms with E-state index in [0.717, 1.165) is 24.3 Å². The quantitative estimate of drug-likeness (QED) is 0.318. The maximum absolute atomic E-state index is 13.2. The molecule has 0 atom stereocenters. The minimum absolute atomic E-state index is 0.0355. The van der Waals surface area contributed by atoms with Crippen molar-refractivity contribution in [2.45, 2.75) is 6.42 Å². The molecule has 2 heterocycles. The van der Waals surface area contributed by atoms with Crippen LogP contribution in [-0.4, -0.2) is 53.5 Å². The summed E-state index contributed by atoms with van der Waals surface area (Å²) in [5.41, 5.74) is 2.76. The highest BCUT2D eigenvalue weighted by Gasteiger charge is 2.23. The zero-order valence-corrected chi connectivity index (χ0v) is 21.3. The lowest BCUT2D eigenvalue weighted by atomic mass is 10.1. The number of rotatable bonds is 7. The summed E-state index contributed by atoms with van der Waals surface area (Å²) in [7, 11) is 1.56. The summed E-state index contributed by atoms with van der Waals surface area (Å²) in [6, 6.07) is 23.0. The summed E-state index contributed by atoms with van der Waals surface area (Å²) in [6.07, 6.45) is 0.635. The molecule has 1 fully saturated rings. The van der Waals surface area contributed by atoms with E-state index in [1.165, 1.54) is 11.5 Å². The molecular formula is C27H25ClN4O3S. The number of aromatic nitrogens is 2. The van der Waals surface area contributed by atoms with E-state index in [2.05, 4.69) is 14.3 Å². The van der Waals surface area contributed by atoms with Crippen LogP contribution >= 0.6 is 23.1 Å². The van der Waals surface area contributed by atoms with E-state index in [0.29, 0.717) is 52.6 Å². The molecule has 184 valence electrons. The maximum atomic E-state index is 13.2. The molecule has 7 nitrogen and oxygen atoms in total. The SMILES string of the molecule is COc1cc(C(=O)N2CCN(c3cccc(Cl)c3)CC2)ccc1Oc1nc(Cc2ccccc2)ns1. The number of anilines is 1. The third-order valence-electron chi connectivity index (χ3n) is 6.00. The lowest BCUT2D eigenvalue weighted by Gasteiger charge is -2.36. The second-order valence-corrected chi connectivity index (χ2v) is 9.52. The molecule has 9 heteroatoms. The summed E-state index contributed by atoms with van der Waals surface area (Å²) >= 11 is 7.32. The summed E-state index contributed by atoms with van der Waals surface area (Å²) in [5.74, 6) is 1.62. The van der Waals surface area contributed by atoms with Crippen LogP contribution in [0.25, 0.3) is 0 Å². The molecule has 1 saturated heterocycles. The van der Waals surface area contributed by atoms with E-state index in [-0.39, 0.29) is 5.91 Å². The van der Waals surface area contributed by atoms with Gasteiger partial charge in [-0.2, -0.15) is 9.36 Å². The van der Waals surface area contributed by atoms with Gasteiger partial charge in [-0.15, -0.1) is 0 Å². The zero-order valence-electron chi connectivity index (χ0n) is 19.8. The normalized spacial score (nSPS) is 13.5. The standard InChI is InChI=1S/C27H25ClN4O3S/c1-34-24-17-20(26(33)32-14-12-31(13-15-32)22-9-5-8-21(28)18-22)10-11-23(24)35-27-29-25(30-36-27)16-19-6-3-2-4-7-19/h2-11,17-18H,12-16H2,1H3. The molecule has 0 unspecified atom stereocenters. The predicted octanol–water partition coefficient (Wildman–Crippen LogP) is 5.55. The first-order valence-corrected chi connectivity index (χ1v) is 12.8. The van der Waals surface area contributed by atoms with Gasteiger partial charge in [-0.25, -0.2) is 0 Å².